The third-order valence-corrected chi connectivity index (χ3v) is 4.18. The predicted molar refractivity (Wildman–Crippen MR) is 90.8 cm³/mol. The van der Waals surface area contributed by atoms with Crippen LogP contribution in [0.1, 0.15) is 28.8 Å². The Morgan fingerprint density at radius 1 is 1.26 bits per heavy atom. The van der Waals surface area contributed by atoms with Gasteiger partial charge in [-0.3, -0.25) is 9.59 Å². The van der Waals surface area contributed by atoms with E-state index in [1.165, 1.54) is 0 Å². The van der Waals surface area contributed by atoms with Crippen LogP contribution < -0.4 is 10.2 Å². The normalized spacial score (nSPS) is 14.1. The second kappa shape index (κ2) is 6.75. The van der Waals surface area contributed by atoms with Crippen LogP contribution >= 0.6 is 12.2 Å². The topological polar surface area (TPSA) is 65.2 Å². The summed E-state index contributed by atoms with van der Waals surface area (Å²) in [4.78, 5) is 28.5. The minimum absolute atomic E-state index is 0.171. The Kier molecular flexibility index (Phi) is 4.52. The smallest absolute Gasteiger partial charge is 0.254 e. The number of carbonyl (C=O) groups excluding carboxylic acids is 2. The number of pyridine rings is 1. The summed E-state index contributed by atoms with van der Waals surface area (Å²) >= 11 is 5.09. The van der Waals surface area contributed by atoms with Crippen LogP contribution in [0, 0.1) is 4.64 Å². The van der Waals surface area contributed by atoms with Crippen LogP contribution in [0.3, 0.4) is 0 Å². The van der Waals surface area contributed by atoms with Crippen molar-refractivity contribution in [3.63, 3.8) is 0 Å². The average Bonchev–Trinajstić information content (AvgIpc) is 2.99. The van der Waals surface area contributed by atoms with E-state index in [1.54, 1.807) is 23.2 Å². The second-order valence-corrected chi connectivity index (χ2v) is 5.82. The van der Waals surface area contributed by atoms with Crippen LogP contribution in [0.15, 0.2) is 42.6 Å². The first-order valence-electron chi connectivity index (χ1n) is 7.50. The zero-order chi connectivity index (χ0) is 16.2. The summed E-state index contributed by atoms with van der Waals surface area (Å²) < 4.78 is 0.424. The highest BCUT2D eigenvalue weighted by molar-refractivity contribution is 7.71. The van der Waals surface area contributed by atoms with E-state index >= 15 is 0 Å². The maximum absolute atomic E-state index is 12.1. The van der Waals surface area contributed by atoms with Crippen molar-refractivity contribution in [3.8, 4) is 0 Å². The molecule has 5 nitrogen and oxygen atoms in total. The Labute approximate surface area is 139 Å². The molecule has 3 rings (SSSR count). The van der Waals surface area contributed by atoms with Gasteiger partial charge in [0.2, 0.25) is 5.91 Å². The van der Waals surface area contributed by atoms with Crippen molar-refractivity contribution in [2.45, 2.75) is 19.4 Å². The lowest BCUT2D eigenvalue weighted by atomic mass is 10.2. The van der Waals surface area contributed by atoms with Crippen LogP contribution in [-0.2, 0) is 11.3 Å². The third kappa shape index (κ3) is 3.48. The van der Waals surface area contributed by atoms with E-state index in [0.717, 1.165) is 24.2 Å². The van der Waals surface area contributed by atoms with Crippen molar-refractivity contribution >= 4 is 29.7 Å². The molecule has 1 aromatic carbocycles. The molecule has 0 bridgehead atoms. The Bertz CT molecular complexity index is 783. The fourth-order valence-electron chi connectivity index (χ4n) is 2.59. The van der Waals surface area contributed by atoms with Gasteiger partial charge in [0, 0.05) is 31.4 Å². The fourth-order valence-corrected chi connectivity index (χ4v) is 2.82. The minimum atomic E-state index is -0.203. The van der Waals surface area contributed by atoms with Crippen molar-refractivity contribution in [1.29, 1.82) is 0 Å². The number of H-pyrrole nitrogens is 1. The summed E-state index contributed by atoms with van der Waals surface area (Å²) in [7, 11) is 0. The Morgan fingerprint density at radius 3 is 2.70 bits per heavy atom. The molecule has 118 valence electrons. The first kappa shape index (κ1) is 15.4. The zero-order valence-electron chi connectivity index (χ0n) is 12.5. The molecule has 1 aliphatic rings. The first-order valence-corrected chi connectivity index (χ1v) is 7.91. The van der Waals surface area contributed by atoms with Crippen LogP contribution in [0.25, 0.3) is 0 Å². The van der Waals surface area contributed by atoms with Crippen LogP contribution in [0.4, 0.5) is 5.69 Å². The summed E-state index contributed by atoms with van der Waals surface area (Å²) in [5, 5.41) is 2.85. The van der Waals surface area contributed by atoms with Gasteiger partial charge in [0.05, 0.1) is 5.56 Å². The number of hydrogen-bond acceptors (Lipinski definition) is 3. The van der Waals surface area contributed by atoms with Gasteiger partial charge in [-0.2, -0.15) is 0 Å². The molecule has 6 heteroatoms. The standard InChI is InChI=1S/C17H17N3O2S/c21-15-4-2-10-20(15)13-7-5-12(6-8-13)11-19-16(22)14-3-1-9-18-17(14)23/h1,3,5-9H,2,4,10-11H2,(H,18,23)(H,19,22). The molecule has 0 radical (unpaired) electrons. The number of benzene rings is 1. The molecule has 0 spiro atoms. The summed E-state index contributed by atoms with van der Waals surface area (Å²) in [5.74, 6) is -0.0324. The SMILES string of the molecule is O=C(NCc1ccc(N2CCCC2=O)cc1)c1ccc[nH]c1=S. The largest absolute Gasteiger partial charge is 0.352 e. The molecular formula is C17H17N3O2S. The number of nitrogens with zero attached hydrogens (tertiary/aromatic N) is 1. The highest BCUT2D eigenvalue weighted by Gasteiger charge is 2.21. The summed E-state index contributed by atoms with van der Waals surface area (Å²) in [6.45, 7) is 1.19. The Hall–Kier alpha value is -2.47. The maximum atomic E-state index is 12.1. The molecular weight excluding hydrogens is 310 g/mol. The van der Waals surface area contributed by atoms with E-state index in [2.05, 4.69) is 10.3 Å². The predicted octanol–water partition coefficient (Wildman–Crippen LogP) is 2.80. The minimum Gasteiger partial charge on any atom is -0.352 e. The van der Waals surface area contributed by atoms with Crippen molar-refractivity contribution in [3.05, 3.63) is 58.4 Å². The highest BCUT2D eigenvalue weighted by Crippen LogP contribution is 2.21. The second-order valence-electron chi connectivity index (χ2n) is 5.41. The molecule has 0 aliphatic carbocycles. The molecule has 2 amide bonds. The molecule has 1 aliphatic heterocycles. The summed E-state index contributed by atoms with van der Waals surface area (Å²) in [6.07, 6.45) is 3.22. The van der Waals surface area contributed by atoms with Crippen LogP contribution in [0.5, 0.6) is 0 Å². The number of anilines is 1. The highest BCUT2D eigenvalue weighted by atomic mass is 32.1. The number of hydrogen-bond donors (Lipinski definition) is 2. The van der Waals surface area contributed by atoms with Gasteiger partial charge in [-0.05, 0) is 36.2 Å². The van der Waals surface area contributed by atoms with Gasteiger partial charge in [-0.1, -0.05) is 24.4 Å². The number of amides is 2. The van der Waals surface area contributed by atoms with E-state index < -0.39 is 0 Å². The van der Waals surface area contributed by atoms with Crippen molar-refractivity contribution in [2.75, 3.05) is 11.4 Å². The number of carbonyl (C=O) groups is 2. The maximum Gasteiger partial charge on any atom is 0.254 e. The van der Waals surface area contributed by atoms with Crippen molar-refractivity contribution < 1.29 is 9.59 Å². The summed E-state index contributed by atoms with van der Waals surface area (Å²) in [6, 6.07) is 11.1. The van der Waals surface area contributed by atoms with Gasteiger partial charge in [-0.25, -0.2) is 0 Å². The summed E-state index contributed by atoms with van der Waals surface area (Å²) in [5.41, 5.74) is 2.34. The van der Waals surface area contributed by atoms with Gasteiger partial charge in [-0.15, -0.1) is 0 Å². The Morgan fingerprint density at radius 2 is 2.04 bits per heavy atom. The van der Waals surface area contributed by atoms with E-state index in [-0.39, 0.29) is 11.8 Å². The van der Waals surface area contributed by atoms with Gasteiger partial charge in [0.1, 0.15) is 4.64 Å². The van der Waals surface area contributed by atoms with Crippen molar-refractivity contribution in [2.24, 2.45) is 0 Å². The van der Waals surface area contributed by atoms with E-state index in [9.17, 15) is 9.59 Å². The average molecular weight is 327 g/mol. The molecule has 1 saturated heterocycles. The zero-order valence-corrected chi connectivity index (χ0v) is 13.4. The number of nitrogens with one attached hydrogen (secondary N) is 2. The molecule has 2 N–H and O–H groups in total. The third-order valence-electron chi connectivity index (χ3n) is 3.84. The molecule has 0 unspecified atom stereocenters. The van der Waals surface area contributed by atoms with Crippen LogP contribution in [-0.4, -0.2) is 23.3 Å². The monoisotopic (exact) mass is 327 g/mol. The van der Waals surface area contributed by atoms with Gasteiger partial charge in [0.15, 0.2) is 0 Å². The van der Waals surface area contributed by atoms with E-state index in [1.807, 2.05) is 24.3 Å². The van der Waals surface area contributed by atoms with Crippen LogP contribution in [0.2, 0.25) is 0 Å². The first-order chi connectivity index (χ1) is 11.1. The Balaban J connectivity index is 1.63. The lowest BCUT2D eigenvalue weighted by Gasteiger charge is -2.16. The van der Waals surface area contributed by atoms with Gasteiger partial charge in [0.25, 0.3) is 5.91 Å². The molecule has 0 saturated carbocycles. The molecule has 23 heavy (non-hydrogen) atoms. The van der Waals surface area contributed by atoms with E-state index in [0.29, 0.717) is 23.2 Å². The van der Waals surface area contributed by atoms with Gasteiger partial charge < -0.3 is 15.2 Å². The molecule has 2 heterocycles. The fraction of sp³-hybridized carbons (Fsp3) is 0.235. The molecule has 1 fully saturated rings. The lowest BCUT2D eigenvalue weighted by molar-refractivity contribution is -0.117. The lowest BCUT2D eigenvalue weighted by Crippen LogP contribution is -2.24. The number of rotatable bonds is 4. The molecule has 0 atom stereocenters. The number of aromatic nitrogens is 1. The quantitative estimate of drug-likeness (QED) is 0.849. The van der Waals surface area contributed by atoms with Crippen molar-refractivity contribution in [1.82, 2.24) is 10.3 Å². The number of aromatic amines is 1. The van der Waals surface area contributed by atoms with E-state index in [4.69, 9.17) is 12.2 Å². The molecule has 2 aromatic rings. The van der Waals surface area contributed by atoms with Gasteiger partial charge >= 0.3 is 0 Å². The molecule has 1 aromatic heterocycles.